The highest BCUT2D eigenvalue weighted by molar-refractivity contribution is 6.01. The number of rotatable bonds is 5. The quantitative estimate of drug-likeness (QED) is 0.366. The molecule has 1 atom stereocenters. The molecule has 2 aromatic heterocycles. The summed E-state index contributed by atoms with van der Waals surface area (Å²) < 4.78 is 1.80. The lowest BCUT2D eigenvalue weighted by Crippen LogP contribution is -2.33. The second-order valence-corrected chi connectivity index (χ2v) is 7.73. The SMILES string of the molecule is C=Nc1nc[nH]c1C(=NC)NC(C)c1cc2cccc(C)c2c(=O)n1-c1ccccc1C. The fraction of sp³-hybridized carbons (Fsp3) is 0.200. The minimum absolute atomic E-state index is 0.0384. The number of nitrogens with one attached hydrogen (secondary N) is 2. The summed E-state index contributed by atoms with van der Waals surface area (Å²) in [5, 5.41) is 5.06. The number of aryl methyl sites for hydroxylation is 2. The van der Waals surface area contributed by atoms with E-state index >= 15 is 0 Å². The number of imidazole rings is 1. The van der Waals surface area contributed by atoms with Crippen LogP contribution in [-0.2, 0) is 0 Å². The molecule has 162 valence electrons. The molecule has 4 aromatic rings. The third-order valence-corrected chi connectivity index (χ3v) is 5.67. The van der Waals surface area contributed by atoms with E-state index < -0.39 is 0 Å². The summed E-state index contributed by atoms with van der Waals surface area (Å²) in [6, 6.07) is 15.7. The molecule has 0 aliphatic carbocycles. The number of hydrogen-bond acceptors (Lipinski definition) is 4. The van der Waals surface area contributed by atoms with Crippen LogP contribution in [0.1, 0.15) is 35.5 Å². The van der Waals surface area contributed by atoms with E-state index in [0.717, 1.165) is 33.3 Å². The Morgan fingerprint density at radius 2 is 1.91 bits per heavy atom. The first-order valence-corrected chi connectivity index (χ1v) is 10.4. The third kappa shape index (κ3) is 3.62. The van der Waals surface area contributed by atoms with Gasteiger partial charge >= 0.3 is 0 Å². The van der Waals surface area contributed by atoms with E-state index in [4.69, 9.17) is 0 Å². The molecule has 0 amide bonds. The van der Waals surface area contributed by atoms with Crippen molar-refractivity contribution in [3.63, 3.8) is 0 Å². The Labute approximate surface area is 186 Å². The third-order valence-electron chi connectivity index (χ3n) is 5.67. The number of fused-ring (bicyclic) bond motifs is 1. The molecule has 0 radical (unpaired) electrons. The zero-order valence-corrected chi connectivity index (χ0v) is 18.7. The van der Waals surface area contributed by atoms with Crippen LogP contribution in [0.25, 0.3) is 16.5 Å². The van der Waals surface area contributed by atoms with Crippen molar-refractivity contribution in [1.82, 2.24) is 19.9 Å². The van der Waals surface area contributed by atoms with Crippen LogP contribution in [-0.4, -0.2) is 34.1 Å². The van der Waals surface area contributed by atoms with Crippen molar-refractivity contribution in [2.45, 2.75) is 26.8 Å². The fourth-order valence-electron chi connectivity index (χ4n) is 4.05. The molecule has 0 fully saturated rings. The van der Waals surface area contributed by atoms with Crippen LogP contribution in [0.4, 0.5) is 5.82 Å². The molecule has 0 aliphatic heterocycles. The van der Waals surface area contributed by atoms with E-state index in [9.17, 15) is 4.79 Å². The summed E-state index contributed by atoms with van der Waals surface area (Å²) in [5.74, 6) is 1.06. The number of aliphatic imine (C=N–C) groups is 2. The smallest absolute Gasteiger partial charge is 0.263 e. The predicted octanol–water partition coefficient (Wildman–Crippen LogP) is 4.39. The Hall–Kier alpha value is -4.00. The number of aromatic amines is 1. The molecule has 32 heavy (non-hydrogen) atoms. The van der Waals surface area contributed by atoms with E-state index in [2.05, 4.69) is 38.1 Å². The molecular weight excluding hydrogens is 400 g/mol. The Morgan fingerprint density at radius 3 is 2.62 bits per heavy atom. The van der Waals surface area contributed by atoms with Gasteiger partial charge in [-0.05, 0) is 56.1 Å². The molecule has 0 saturated carbocycles. The number of hydrogen-bond donors (Lipinski definition) is 2. The van der Waals surface area contributed by atoms with Gasteiger partial charge in [-0.1, -0.05) is 36.4 Å². The van der Waals surface area contributed by atoms with Crippen molar-refractivity contribution >= 4 is 29.1 Å². The molecule has 7 heteroatoms. The Morgan fingerprint density at radius 1 is 1.16 bits per heavy atom. The standard InChI is InChI=1S/C25H26N6O/c1-15-9-6-7-12-19(15)31-20(13-18-11-8-10-16(2)21(18)25(31)32)17(3)30-24(27-5)22-23(26-4)29-14-28-22/h6-14,17H,4H2,1-3,5H3,(H,27,30)(H,28,29). The molecule has 0 spiro atoms. The number of para-hydroxylation sites is 1. The largest absolute Gasteiger partial charge is 0.361 e. The first-order chi connectivity index (χ1) is 15.5. The van der Waals surface area contributed by atoms with Gasteiger partial charge in [0.15, 0.2) is 5.82 Å². The van der Waals surface area contributed by atoms with Crippen molar-refractivity contribution in [2.75, 3.05) is 7.05 Å². The predicted molar refractivity (Wildman–Crippen MR) is 131 cm³/mol. The highest BCUT2D eigenvalue weighted by atomic mass is 16.1. The number of aromatic nitrogens is 3. The molecule has 4 rings (SSSR count). The number of pyridine rings is 1. The van der Waals surface area contributed by atoms with E-state index in [0.29, 0.717) is 17.3 Å². The summed E-state index contributed by atoms with van der Waals surface area (Å²) in [7, 11) is 1.70. The Bertz CT molecular complexity index is 1400. The normalized spacial score (nSPS) is 12.7. The molecular formula is C25H26N6O. The second kappa shape index (κ2) is 8.63. The van der Waals surface area contributed by atoms with Gasteiger partial charge in [0.25, 0.3) is 5.56 Å². The second-order valence-electron chi connectivity index (χ2n) is 7.73. The fourth-order valence-corrected chi connectivity index (χ4v) is 4.05. The van der Waals surface area contributed by atoms with Crippen LogP contribution in [0.15, 0.2) is 69.6 Å². The van der Waals surface area contributed by atoms with Crippen LogP contribution in [0.5, 0.6) is 0 Å². The molecule has 7 nitrogen and oxygen atoms in total. The van der Waals surface area contributed by atoms with Crippen LogP contribution >= 0.6 is 0 Å². The van der Waals surface area contributed by atoms with Crippen molar-refractivity contribution < 1.29 is 0 Å². The summed E-state index contributed by atoms with van der Waals surface area (Å²) >= 11 is 0. The highest BCUT2D eigenvalue weighted by Crippen LogP contribution is 2.25. The van der Waals surface area contributed by atoms with Crippen molar-refractivity contribution in [3.8, 4) is 5.69 Å². The van der Waals surface area contributed by atoms with Gasteiger partial charge in [0.2, 0.25) is 0 Å². The molecule has 1 unspecified atom stereocenters. The van der Waals surface area contributed by atoms with Crippen LogP contribution in [0, 0.1) is 13.8 Å². The van der Waals surface area contributed by atoms with Gasteiger partial charge in [-0.25, -0.2) is 9.98 Å². The summed E-state index contributed by atoms with van der Waals surface area (Å²) in [4.78, 5) is 29.3. The average molecular weight is 427 g/mol. The minimum Gasteiger partial charge on any atom is -0.361 e. The van der Waals surface area contributed by atoms with E-state index in [1.165, 1.54) is 0 Å². The van der Waals surface area contributed by atoms with Crippen molar-refractivity contribution in [2.24, 2.45) is 9.98 Å². The maximum Gasteiger partial charge on any atom is 0.263 e. The lowest BCUT2D eigenvalue weighted by atomic mass is 10.0. The summed E-state index contributed by atoms with van der Waals surface area (Å²) in [6.07, 6.45) is 1.55. The summed E-state index contributed by atoms with van der Waals surface area (Å²) in [5.41, 5.74) is 4.27. The van der Waals surface area contributed by atoms with Crippen molar-refractivity contribution in [3.05, 3.63) is 87.7 Å². The zero-order chi connectivity index (χ0) is 22.8. The Balaban J connectivity index is 1.91. The van der Waals surface area contributed by atoms with E-state index in [1.807, 2.05) is 63.2 Å². The molecule has 0 aliphatic rings. The lowest BCUT2D eigenvalue weighted by molar-refractivity contribution is 0.661. The number of H-pyrrole nitrogens is 1. The first-order valence-electron chi connectivity index (χ1n) is 10.4. The molecule has 2 heterocycles. The summed E-state index contributed by atoms with van der Waals surface area (Å²) in [6.45, 7) is 9.56. The monoisotopic (exact) mass is 426 g/mol. The van der Waals surface area contributed by atoms with Crippen LogP contribution < -0.4 is 10.9 Å². The first kappa shape index (κ1) is 21.2. The topological polar surface area (TPSA) is 87.4 Å². The maximum absolute atomic E-state index is 13.8. The minimum atomic E-state index is -0.244. The van der Waals surface area contributed by atoms with Gasteiger partial charge in [0.1, 0.15) is 11.5 Å². The average Bonchev–Trinajstić information content (AvgIpc) is 3.26. The molecule has 0 bridgehead atoms. The molecule has 2 N–H and O–H groups in total. The maximum atomic E-state index is 13.8. The number of nitrogens with zero attached hydrogens (tertiary/aromatic N) is 4. The van der Waals surface area contributed by atoms with Gasteiger partial charge in [0.05, 0.1) is 23.4 Å². The van der Waals surface area contributed by atoms with E-state index in [1.54, 1.807) is 17.9 Å². The molecule has 2 aromatic carbocycles. The van der Waals surface area contributed by atoms with Crippen LogP contribution in [0.2, 0.25) is 0 Å². The Kier molecular flexibility index (Phi) is 5.73. The highest BCUT2D eigenvalue weighted by Gasteiger charge is 2.20. The van der Waals surface area contributed by atoms with Crippen LogP contribution in [0.3, 0.4) is 0 Å². The van der Waals surface area contributed by atoms with Gasteiger partial charge in [-0.15, -0.1) is 0 Å². The van der Waals surface area contributed by atoms with E-state index in [-0.39, 0.29) is 11.6 Å². The van der Waals surface area contributed by atoms with Gasteiger partial charge in [0, 0.05) is 12.7 Å². The molecule has 0 saturated heterocycles. The number of amidine groups is 1. The van der Waals surface area contributed by atoms with Gasteiger partial charge < -0.3 is 10.3 Å². The van der Waals surface area contributed by atoms with Gasteiger partial charge in [-0.3, -0.25) is 14.4 Å². The lowest BCUT2D eigenvalue weighted by Gasteiger charge is -2.23. The van der Waals surface area contributed by atoms with Gasteiger partial charge in [-0.2, -0.15) is 0 Å². The number of benzene rings is 2. The van der Waals surface area contributed by atoms with Crippen molar-refractivity contribution in [1.29, 1.82) is 0 Å². The zero-order valence-electron chi connectivity index (χ0n) is 18.7.